The Kier molecular flexibility index (Phi) is 4.82. The van der Waals surface area contributed by atoms with E-state index in [2.05, 4.69) is 0 Å². The molecule has 1 unspecified atom stereocenters. The molecular weight excluding hydrogens is 371 g/mol. The van der Waals surface area contributed by atoms with E-state index < -0.39 is 27.2 Å². The lowest BCUT2D eigenvalue weighted by atomic mass is 9.88. The zero-order valence-corrected chi connectivity index (χ0v) is 16.0. The van der Waals surface area contributed by atoms with Crippen molar-refractivity contribution >= 4 is 21.4 Å². The van der Waals surface area contributed by atoms with Crippen molar-refractivity contribution in [3.05, 3.63) is 65.7 Å². The van der Waals surface area contributed by atoms with Gasteiger partial charge >= 0.3 is 5.97 Å². The van der Waals surface area contributed by atoms with Gasteiger partial charge in [0.25, 0.3) is 0 Å². The quantitative estimate of drug-likeness (QED) is 0.728. The van der Waals surface area contributed by atoms with Crippen molar-refractivity contribution in [1.29, 1.82) is 0 Å². The Hall–Kier alpha value is -2.67. The smallest absolute Gasteiger partial charge is 0.375 e. The Labute approximate surface area is 157 Å². The molecule has 7 heteroatoms. The SMILES string of the molecule is CCC1(C)OC(=O)C(Oc2cccc(F)c2)=C1c1ccc(S(C)(=O)=O)cc1. The van der Waals surface area contributed by atoms with Crippen molar-refractivity contribution in [3.63, 3.8) is 0 Å². The number of carbonyl (C=O) groups excluding carboxylic acids is 1. The van der Waals surface area contributed by atoms with Crippen LogP contribution in [0.25, 0.3) is 5.57 Å². The highest BCUT2D eigenvalue weighted by Crippen LogP contribution is 2.42. The average Bonchev–Trinajstić information content (AvgIpc) is 2.85. The maximum atomic E-state index is 13.5. The van der Waals surface area contributed by atoms with Crippen LogP contribution >= 0.6 is 0 Å². The molecule has 0 saturated carbocycles. The van der Waals surface area contributed by atoms with Crippen LogP contribution in [0.1, 0.15) is 25.8 Å². The van der Waals surface area contributed by atoms with Crippen LogP contribution in [0, 0.1) is 5.82 Å². The second kappa shape index (κ2) is 6.81. The second-order valence-corrected chi connectivity index (χ2v) is 8.55. The molecule has 1 heterocycles. The predicted octanol–water partition coefficient (Wildman–Crippen LogP) is 3.74. The van der Waals surface area contributed by atoms with Crippen molar-refractivity contribution in [3.8, 4) is 5.75 Å². The fraction of sp³-hybridized carbons (Fsp3) is 0.250. The maximum Gasteiger partial charge on any atom is 0.375 e. The van der Waals surface area contributed by atoms with E-state index in [1.165, 1.54) is 36.4 Å². The molecule has 2 aromatic carbocycles. The molecule has 1 atom stereocenters. The molecule has 0 N–H and O–H groups in total. The molecule has 0 aliphatic carbocycles. The van der Waals surface area contributed by atoms with Crippen molar-refractivity contribution in [1.82, 2.24) is 0 Å². The first-order valence-electron chi connectivity index (χ1n) is 8.36. The van der Waals surface area contributed by atoms with E-state index in [0.717, 1.165) is 6.26 Å². The number of hydrogen-bond acceptors (Lipinski definition) is 5. The van der Waals surface area contributed by atoms with Crippen LogP contribution in [0.15, 0.2) is 59.2 Å². The Morgan fingerprint density at radius 3 is 2.37 bits per heavy atom. The lowest BCUT2D eigenvalue weighted by Gasteiger charge is -2.24. The zero-order chi connectivity index (χ0) is 19.8. The Morgan fingerprint density at radius 1 is 1.15 bits per heavy atom. The molecule has 5 nitrogen and oxygen atoms in total. The van der Waals surface area contributed by atoms with E-state index >= 15 is 0 Å². The van der Waals surface area contributed by atoms with Gasteiger partial charge in [0.05, 0.1) is 10.5 Å². The summed E-state index contributed by atoms with van der Waals surface area (Å²) >= 11 is 0. The number of cyclic esters (lactones) is 1. The van der Waals surface area contributed by atoms with Crippen LogP contribution in [-0.2, 0) is 19.4 Å². The van der Waals surface area contributed by atoms with E-state index in [4.69, 9.17) is 9.47 Å². The lowest BCUT2D eigenvalue weighted by molar-refractivity contribution is -0.147. The number of sulfone groups is 1. The van der Waals surface area contributed by atoms with Crippen molar-refractivity contribution < 1.29 is 27.1 Å². The van der Waals surface area contributed by atoms with Crippen molar-refractivity contribution in [2.75, 3.05) is 6.26 Å². The number of ether oxygens (including phenoxy) is 2. The number of halogens is 1. The third-order valence-corrected chi connectivity index (χ3v) is 5.65. The van der Waals surface area contributed by atoms with Crippen molar-refractivity contribution in [2.45, 2.75) is 30.8 Å². The number of hydrogen-bond donors (Lipinski definition) is 0. The highest BCUT2D eigenvalue weighted by Gasteiger charge is 2.45. The molecule has 1 aliphatic heterocycles. The molecule has 0 bridgehead atoms. The average molecular weight is 390 g/mol. The summed E-state index contributed by atoms with van der Waals surface area (Å²) in [6.45, 7) is 3.62. The second-order valence-electron chi connectivity index (χ2n) is 6.53. The molecule has 0 saturated heterocycles. The molecule has 1 aliphatic rings. The number of benzene rings is 2. The van der Waals surface area contributed by atoms with Gasteiger partial charge in [0.1, 0.15) is 17.2 Å². The molecule has 0 fully saturated rings. The summed E-state index contributed by atoms with van der Waals surface area (Å²) < 4.78 is 48.0. The van der Waals surface area contributed by atoms with E-state index in [1.54, 1.807) is 19.1 Å². The van der Waals surface area contributed by atoms with Gasteiger partial charge < -0.3 is 9.47 Å². The molecule has 0 spiro atoms. The minimum Gasteiger partial charge on any atom is -0.449 e. The summed E-state index contributed by atoms with van der Waals surface area (Å²) in [6, 6.07) is 11.6. The maximum absolute atomic E-state index is 13.5. The molecule has 27 heavy (non-hydrogen) atoms. The number of carbonyl (C=O) groups is 1. The standard InChI is InChI=1S/C20H19FO5S/c1-4-20(2)17(13-8-10-16(11-9-13)27(3,23)24)18(19(22)26-20)25-15-7-5-6-14(21)12-15/h5-12H,4H2,1-3H3. The summed E-state index contributed by atoms with van der Waals surface area (Å²) in [7, 11) is -3.34. The van der Waals surface area contributed by atoms with E-state index in [0.29, 0.717) is 17.6 Å². The van der Waals surface area contributed by atoms with E-state index in [1.807, 2.05) is 6.92 Å². The van der Waals surface area contributed by atoms with Gasteiger partial charge in [-0.15, -0.1) is 0 Å². The molecule has 3 rings (SSSR count). The van der Waals surface area contributed by atoms with Gasteiger partial charge in [-0.25, -0.2) is 17.6 Å². The first kappa shape index (κ1) is 19.1. The van der Waals surface area contributed by atoms with Crippen LogP contribution < -0.4 is 4.74 Å². The molecule has 2 aromatic rings. The summed E-state index contributed by atoms with van der Waals surface area (Å²) in [6.07, 6.45) is 1.61. The van der Waals surface area contributed by atoms with Gasteiger partial charge in [-0.05, 0) is 43.2 Å². The predicted molar refractivity (Wildman–Crippen MR) is 98.3 cm³/mol. The first-order chi connectivity index (χ1) is 12.6. The Balaban J connectivity index is 2.12. The summed E-state index contributed by atoms with van der Waals surface area (Å²) in [5.41, 5.74) is 0.162. The minimum absolute atomic E-state index is 0.0305. The fourth-order valence-corrected chi connectivity index (χ4v) is 3.57. The third kappa shape index (κ3) is 3.73. The van der Waals surface area contributed by atoms with E-state index in [-0.39, 0.29) is 16.4 Å². The fourth-order valence-electron chi connectivity index (χ4n) is 2.94. The van der Waals surface area contributed by atoms with E-state index in [9.17, 15) is 17.6 Å². The molecule has 0 aromatic heterocycles. The largest absolute Gasteiger partial charge is 0.449 e. The van der Waals surface area contributed by atoms with Gasteiger partial charge in [0.2, 0.25) is 5.76 Å². The normalized spacial score (nSPS) is 19.9. The van der Waals surface area contributed by atoms with Gasteiger partial charge in [0.15, 0.2) is 9.84 Å². The van der Waals surface area contributed by atoms with Crippen LogP contribution in [0.4, 0.5) is 4.39 Å². The summed E-state index contributed by atoms with van der Waals surface area (Å²) in [5, 5.41) is 0. The zero-order valence-electron chi connectivity index (χ0n) is 15.2. The highest BCUT2D eigenvalue weighted by atomic mass is 32.2. The van der Waals surface area contributed by atoms with Crippen molar-refractivity contribution in [2.24, 2.45) is 0 Å². The number of esters is 1. The van der Waals surface area contributed by atoms with Crippen LogP contribution in [0.2, 0.25) is 0 Å². The molecular formula is C20H19FO5S. The monoisotopic (exact) mass is 390 g/mol. The van der Waals surface area contributed by atoms with Crippen LogP contribution in [0.3, 0.4) is 0 Å². The topological polar surface area (TPSA) is 69.7 Å². The first-order valence-corrected chi connectivity index (χ1v) is 10.3. The Bertz CT molecular complexity index is 1020. The van der Waals surface area contributed by atoms with Gasteiger partial charge in [-0.2, -0.15) is 0 Å². The molecule has 0 radical (unpaired) electrons. The number of rotatable bonds is 5. The molecule has 142 valence electrons. The Morgan fingerprint density at radius 2 is 1.81 bits per heavy atom. The third-order valence-electron chi connectivity index (χ3n) is 4.52. The lowest BCUT2D eigenvalue weighted by Crippen LogP contribution is -2.26. The summed E-state index contributed by atoms with van der Waals surface area (Å²) in [4.78, 5) is 12.6. The molecule has 0 amide bonds. The van der Waals surface area contributed by atoms with Gasteiger partial charge in [-0.1, -0.05) is 25.1 Å². The van der Waals surface area contributed by atoms with Gasteiger partial charge in [0, 0.05) is 12.3 Å². The highest BCUT2D eigenvalue weighted by molar-refractivity contribution is 7.90. The summed E-state index contributed by atoms with van der Waals surface area (Å²) in [5.74, 6) is -0.993. The van der Waals surface area contributed by atoms with Crippen LogP contribution in [-0.4, -0.2) is 26.2 Å². The minimum atomic E-state index is -3.34. The van der Waals surface area contributed by atoms with Crippen LogP contribution in [0.5, 0.6) is 5.75 Å². The van der Waals surface area contributed by atoms with Gasteiger partial charge in [-0.3, -0.25) is 0 Å².